The van der Waals surface area contributed by atoms with E-state index in [0.29, 0.717) is 5.92 Å². The van der Waals surface area contributed by atoms with Crippen LogP contribution in [0.2, 0.25) is 0 Å². The van der Waals surface area contributed by atoms with E-state index in [4.69, 9.17) is 15.2 Å². The van der Waals surface area contributed by atoms with Gasteiger partial charge in [-0.3, -0.25) is 0 Å². The third-order valence-electron chi connectivity index (χ3n) is 3.38. The molecule has 1 fully saturated rings. The normalized spacial score (nSPS) is 24.9. The van der Waals surface area contributed by atoms with Crippen molar-refractivity contribution in [1.82, 2.24) is 4.90 Å². The number of hydrogen-bond acceptors (Lipinski definition) is 4. The van der Waals surface area contributed by atoms with Gasteiger partial charge in [-0.2, -0.15) is 0 Å². The monoisotopic (exact) mass is 236 g/mol. The van der Waals surface area contributed by atoms with Crippen molar-refractivity contribution in [2.24, 2.45) is 5.73 Å². The molecule has 2 rings (SSSR count). The number of benzene rings is 1. The average molecular weight is 236 g/mol. The van der Waals surface area contributed by atoms with E-state index in [-0.39, 0.29) is 6.04 Å². The second-order valence-corrected chi connectivity index (χ2v) is 4.61. The molecular formula is C13H20N2O2. The molecule has 17 heavy (non-hydrogen) atoms. The van der Waals surface area contributed by atoms with Crippen LogP contribution in [0.25, 0.3) is 0 Å². The van der Waals surface area contributed by atoms with Crippen molar-refractivity contribution in [2.75, 3.05) is 34.4 Å². The fourth-order valence-electron chi connectivity index (χ4n) is 2.47. The van der Waals surface area contributed by atoms with Crippen LogP contribution < -0.4 is 15.2 Å². The van der Waals surface area contributed by atoms with Crippen LogP contribution in [-0.4, -0.2) is 45.3 Å². The van der Waals surface area contributed by atoms with E-state index in [9.17, 15) is 0 Å². The molecule has 1 heterocycles. The summed E-state index contributed by atoms with van der Waals surface area (Å²) >= 11 is 0. The summed E-state index contributed by atoms with van der Waals surface area (Å²) in [5.74, 6) is 1.91. The van der Waals surface area contributed by atoms with Gasteiger partial charge >= 0.3 is 0 Å². The number of methoxy groups -OCH3 is 2. The van der Waals surface area contributed by atoms with Crippen LogP contribution >= 0.6 is 0 Å². The largest absolute Gasteiger partial charge is 0.493 e. The zero-order valence-corrected chi connectivity index (χ0v) is 10.6. The number of nitrogens with two attached hydrogens (primary N) is 1. The first-order valence-electron chi connectivity index (χ1n) is 5.81. The molecule has 0 radical (unpaired) electrons. The van der Waals surface area contributed by atoms with Gasteiger partial charge in [-0.05, 0) is 24.7 Å². The van der Waals surface area contributed by atoms with Gasteiger partial charge in [-0.25, -0.2) is 0 Å². The second-order valence-electron chi connectivity index (χ2n) is 4.61. The van der Waals surface area contributed by atoms with Crippen LogP contribution in [0.1, 0.15) is 11.5 Å². The average Bonchev–Trinajstić information content (AvgIpc) is 2.67. The summed E-state index contributed by atoms with van der Waals surface area (Å²) in [4.78, 5) is 2.26. The Kier molecular flexibility index (Phi) is 3.54. The number of nitrogens with zero attached hydrogens (tertiary/aromatic N) is 1. The highest BCUT2D eigenvalue weighted by Crippen LogP contribution is 2.33. The van der Waals surface area contributed by atoms with Gasteiger partial charge in [0.15, 0.2) is 11.5 Å². The van der Waals surface area contributed by atoms with Gasteiger partial charge in [0.2, 0.25) is 0 Å². The van der Waals surface area contributed by atoms with Crippen molar-refractivity contribution in [3.05, 3.63) is 23.8 Å². The molecule has 1 aliphatic heterocycles. The molecule has 2 atom stereocenters. The van der Waals surface area contributed by atoms with Gasteiger partial charge in [0.1, 0.15) is 0 Å². The molecule has 0 aliphatic carbocycles. The first-order chi connectivity index (χ1) is 8.15. The molecule has 1 saturated heterocycles. The van der Waals surface area contributed by atoms with E-state index in [1.54, 1.807) is 14.2 Å². The van der Waals surface area contributed by atoms with Gasteiger partial charge in [0.25, 0.3) is 0 Å². The SMILES string of the molecule is COc1ccc([C@H]2CN(C)C[C@@H]2N)cc1OC. The molecular weight excluding hydrogens is 216 g/mol. The number of ether oxygens (including phenoxy) is 2. The van der Waals surface area contributed by atoms with Crippen LogP contribution in [0.4, 0.5) is 0 Å². The fourth-order valence-corrected chi connectivity index (χ4v) is 2.47. The Labute approximate surface area is 102 Å². The lowest BCUT2D eigenvalue weighted by Crippen LogP contribution is -2.27. The Morgan fingerprint density at radius 3 is 2.41 bits per heavy atom. The van der Waals surface area contributed by atoms with E-state index < -0.39 is 0 Å². The Bertz CT molecular complexity index is 395. The number of hydrogen-bond donors (Lipinski definition) is 1. The molecule has 0 aromatic heterocycles. The van der Waals surface area contributed by atoms with Gasteiger partial charge in [-0.15, -0.1) is 0 Å². The quantitative estimate of drug-likeness (QED) is 0.852. The third-order valence-corrected chi connectivity index (χ3v) is 3.38. The van der Waals surface area contributed by atoms with Crippen LogP contribution in [0, 0.1) is 0 Å². The van der Waals surface area contributed by atoms with Crippen LogP contribution in [0.3, 0.4) is 0 Å². The topological polar surface area (TPSA) is 47.7 Å². The molecule has 2 N–H and O–H groups in total. The molecule has 1 aromatic carbocycles. The molecule has 0 unspecified atom stereocenters. The van der Waals surface area contributed by atoms with Gasteiger partial charge < -0.3 is 20.1 Å². The molecule has 4 heteroatoms. The highest BCUT2D eigenvalue weighted by atomic mass is 16.5. The minimum absolute atomic E-state index is 0.193. The Hall–Kier alpha value is -1.26. The van der Waals surface area contributed by atoms with Crippen LogP contribution in [0.5, 0.6) is 11.5 Å². The highest BCUT2D eigenvalue weighted by Gasteiger charge is 2.29. The Morgan fingerprint density at radius 2 is 1.88 bits per heavy atom. The first-order valence-corrected chi connectivity index (χ1v) is 5.81. The Balaban J connectivity index is 2.27. The van der Waals surface area contributed by atoms with E-state index in [1.165, 1.54) is 5.56 Å². The summed E-state index contributed by atoms with van der Waals surface area (Å²) in [6.07, 6.45) is 0. The summed E-state index contributed by atoms with van der Waals surface area (Å²) in [5.41, 5.74) is 7.37. The summed E-state index contributed by atoms with van der Waals surface area (Å²) in [5, 5.41) is 0. The van der Waals surface area contributed by atoms with Gasteiger partial charge in [-0.1, -0.05) is 6.07 Å². The highest BCUT2D eigenvalue weighted by molar-refractivity contribution is 5.44. The smallest absolute Gasteiger partial charge is 0.160 e. The predicted molar refractivity (Wildman–Crippen MR) is 67.8 cm³/mol. The van der Waals surface area contributed by atoms with Crippen molar-refractivity contribution in [3.8, 4) is 11.5 Å². The number of rotatable bonds is 3. The van der Waals surface area contributed by atoms with Crippen molar-refractivity contribution >= 4 is 0 Å². The molecule has 94 valence electrons. The van der Waals surface area contributed by atoms with E-state index in [2.05, 4.69) is 18.0 Å². The van der Waals surface area contributed by atoms with E-state index in [0.717, 1.165) is 24.6 Å². The Morgan fingerprint density at radius 1 is 1.18 bits per heavy atom. The molecule has 4 nitrogen and oxygen atoms in total. The standard InChI is InChI=1S/C13H20N2O2/c1-15-7-10(11(14)8-15)9-4-5-12(16-2)13(6-9)17-3/h4-6,10-11H,7-8,14H2,1-3H3/t10-,11+/m1/s1. The summed E-state index contributed by atoms with van der Waals surface area (Å²) in [6, 6.07) is 6.24. The lowest BCUT2D eigenvalue weighted by atomic mass is 9.94. The summed E-state index contributed by atoms with van der Waals surface area (Å²) in [7, 11) is 5.40. The van der Waals surface area contributed by atoms with Crippen molar-refractivity contribution < 1.29 is 9.47 Å². The first kappa shape index (κ1) is 12.2. The summed E-state index contributed by atoms with van der Waals surface area (Å²) < 4.78 is 10.6. The van der Waals surface area contributed by atoms with Crippen molar-refractivity contribution in [3.63, 3.8) is 0 Å². The molecule has 0 amide bonds. The number of likely N-dealkylation sites (tertiary alicyclic amines) is 1. The lowest BCUT2D eigenvalue weighted by molar-refractivity contribution is 0.354. The minimum atomic E-state index is 0.193. The van der Waals surface area contributed by atoms with Gasteiger partial charge in [0.05, 0.1) is 14.2 Å². The molecule has 0 bridgehead atoms. The third kappa shape index (κ3) is 2.37. The minimum Gasteiger partial charge on any atom is -0.493 e. The number of likely N-dealkylation sites (N-methyl/N-ethyl adjacent to an activating group) is 1. The molecule has 0 spiro atoms. The fraction of sp³-hybridized carbons (Fsp3) is 0.538. The predicted octanol–water partition coefficient (Wildman–Crippen LogP) is 1.06. The molecule has 1 aromatic rings. The molecule has 0 saturated carbocycles. The molecule has 1 aliphatic rings. The summed E-state index contributed by atoms with van der Waals surface area (Å²) in [6.45, 7) is 1.94. The zero-order valence-electron chi connectivity index (χ0n) is 10.6. The van der Waals surface area contributed by atoms with Crippen molar-refractivity contribution in [1.29, 1.82) is 0 Å². The van der Waals surface area contributed by atoms with E-state index >= 15 is 0 Å². The van der Waals surface area contributed by atoms with Gasteiger partial charge in [0, 0.05) is 25.0 Å². The zero-order chi connectivity index (χ0) is 12.4. The maximum atomic E-state index is 6.15. The van der Waals surface area contributed by atoms with Crippen LogP contribution in [-0.2, 0) is 0 Å². The second kappa shape index (κ2) is 4.94. The maximum Gasteiger partial charge on any atom is 0.160 e. The van der Waals surface area contributed by atoms with E-state index in [1.807, 2.05) is 12.1 Å². The lowest BCUT2D eigenvalue weighted by Gasteiger charge is -2.17. The van der Waals surface area contributed by atoms with Crippen molar-refractivity contribution in [2.45, 2.75) is 12.0 Å². The van der Waals surface area contributed by atoms with Crippen LogP contribution in [0.15, 0.2) is 18.2 Å². The maximum absolute atomic E-state index is 6.15.